The Bertz CT molecular complexity index is 940. The number of methoxy groups -OCH3 is 1. The van der Waals surface area contributed by atoms with Crippen LogP contribution in [0.15, 0.2) is 41.0 Å². The van der Waals surface area contributed by atoms with Crippen molar-refractivity contribution in [2.24, 2.45) is 0 Å². The first-order chi connectivity index (χ1) is 13.0. The molecule has 1 aromatic heterocycles. The number of aromatic nitrogens is 2. The van der Waals surface area contributed by atoms with E-state index < -0.39 is 12.1 Å². The average molecular weight is 371 g/mol. The largest absolute Gasteiger partial charge is 0.493 e. The van der Waals surface area contributed by atoms with Gasteiger partial charge in [-0.15, -0.1) is 0 Å². The molecule has 8 nitrogen and oxygen atoms in total. The van der Waals surface area contributed by atoms with E-state index in [2.05, 4.69) is 15.2 Å². The molecule has 0 aliphatic carbocycles. The van der Waals surface area contributed by atoms with Gasteiger partial charge in [-0.05, 0) is 48.0 Å². The number of carbonyl (C=O) groups is 1. The van der Waals surface area contributed by atoms with Gasteiger partial charge in [0.05, 0.1) is 7.11 Å². The van der Waals surface area contributed by atoms with E-state index in [4.69, 9.17) is 19.2 Å². The molecule has 142 valence electrons. The lowest BCUT2D eigenvalue weighted by Gasteiger charge is -2.21. The average Bonchev–Trinajstić information content (AvgIpc) is 3.10. The fraction of sp³-hybridized carbons (Fsp3) is 0.316. The Labute approximate surface area is 156 Å². The summed E-state index contributed by atoms with van der Waals surface area (Å²) in [5.41, 5.74) is 3.33. The number of nitrogens with zero attached hydrogens (tertiary/aromatic N) is 3. The molecule has 0 saturated heterocycles. The van der Waals surface area contributed by atoms with Crippen molar-refractivity contribution in [3.63, 3.8) is 0 Å². The summed E-state index contributed by atoms with van der Waals surface area (Å²) in [5, 5.41) is 16.8. The molecule has 1 atom stereocenters. The van der Waals surface area contributed by atoms with Crippen molar-refractivity contribution in [2.45, 2.75) is 26.1 Å². The van der Waals surface area contributed by atoms with Gasteiger partial charge in [0.15, 0.2) is 17.6 Å². The number of carboxylic acids is 1. The zero-order chi connectivity index (χ0) is 19.4. The summed E-state index contributed by atoms with van der Waals surface area (Å²) in [4.78, 5) is 13.3. The van der Waals surface area contributed by atoms with Gasteiger partial charge in [-0.2, -0.15) is 0 Å². The molecule has 0 fully saturated rings. The first-order valence-electron chi connectivity index (χ1n) is 8.43. The molecule has 0 unspecified atom stereocenters. The number of ether oxygens (including phenoxy) is 2. The SMILES string of the molecule is COc1cccc(CN(C)Cc2ccc3nonc3c2)c1O[C@H](C)C(=O)O. The molecular formula is C19H21N3O5. The summed E-state index contributed by atoms with van der Waals surface area (Å²) in [7, 11) is 3.50. The third-order valence-electron chi connectivity index (χ3n) is 4.13. The summed E-state index contributed by atoms with van der Waals surface area (Å²) in [6.07, 6.45) is -0.979. The minimum atomic E-state index is -1.03. The smallest absolute Gasteiger partial charge is 0.344 e. The van der Waals surface area contributed by atoms with Crippen LogP contribution in [-0.4, -0.2) is 46.6 Å². The fourth-order valence-electron chi connectivity index (χ4n) is 2.79. The lowest BCUT2D eigenvalue weighted by molar-refractivity contribution is -0.144. The fourth-order valence-corrected chi connectivity index (χ4v) is 2.79. The van der Waals surface area contributed by atoms with E-state index in [9.17, 15) is 4.79 Å². The number of benzene rings is 2. The van der Waals surface area contributed by atoms with Crippen LogP contribution in [-0.2, 0) is 17.9 Å². The molecule has 2 aromatic carbocycles. The maximum atomic E-state index is 11.2. The minimum absolute atomic E-state index is 0.443. The molecule has 0 aliphatic rings. The van der Waals surface area contributed by atoms with Crippen LogP contribution >= 0.6 is 0 Å². The predicted molar refractivity (Wildman–Crippen MR) is 97.7 cm³/mol. The Morgan fingerprint density at radius 2 is 2.00 bits per heavy atom. The van der Waals surface area contributed by atoms with Gasteiger partial charge in [0.25, 0.3) is 0 Å². The second kappa shape index (κ2) is 8.05. The molecule has 0 saturated carbocycles. The van der Waals surface area contributed by atoms with Gasteiger partial charge in [0, 0.05) is 18.7 Å². The van der Waals surface area contributed by atoms with Crippen molar-refractivity contribution < 1.29 is 24.0 Å². The highest BCUT2D eigenvalue weighted by atomic mass is 16.6. The van der Waals surface area contributed by atoms with E-state index in [1.54, 1.807) is 6.07 Å². The molecule has 0 spiro atoms. The van der Waals surface area contributed by atoms with Crippen LogP contribution in [0.5, 0.6) is 11.5 Å². The highest BCUT2D eigenvalue weighted by Gasteiger charge is 2.19. The molecule has 0 bridgehead atoms. The number of hydrogen-bond acceptors (Lipinski definition) is 7. The van der Waals surface area contributed by atoms with Crippen molar-refractivity contribution in [3.8, 4) is 11.5 Å². The number of rotatable bonds is 8. The molecule has 0 amide bonds. The van der Waals surface area contributed by atoms with Crippen LogP contribution < -0.4 is 9.47 Å². The second-order valence-corrected chi connectivity index (χ2v) is 6.31. The number of para-hydroxylation sites is 1. The van der Waals surface area contributed by atoms with Crippen molar-refractivity contribution in [3.05, 3.63) is 47.5 Å². The number of hydrogen-bond donors (Lipinski definition) is 1. The molecule has 3 rings (SSSR count). The Hall–Kier alpha value is -3.13. The van der Waals surface area contributed by atoms with Gasteiger partial charge in [-0.25, -0.2) is 9.42 Å². The normalized spacial score (nSPS) is 12.3. The van der Waals surface area contributed by atoms with Gasteiger partial charge >= 0.3 is 5.97 Å². The molecule has 1 heterocycles. The van der Waals surface area contributed by atoms with E-state index in [1.807, 2.05) is 37.4 Å². The highest BCUT2D eigenvalue weighted by molar-refractivity contribution is 5.73. The maximum absolute atomic E-state index is 11.2. The third kappa shape index (κ3) is 4.35. The molecule has 0 aliphatic heterocycles. The van der Waals surface area contributed by atoms with Crippen LogP contribution in [0.1, 0.15) is 18.1 Å². The Morgan fingerprint density at radius 3 is 2.74 bits per heavy atom. The standard InChI is InChI=1S/C19H21N3O5/c1-12(19(23)24)26-18-14(5-4-6-17(18)25-3)11-22(2)10-13-7-8-15-16(9-13)21-27-20-15/h4-9,12H,10-11H2,1-3H3,(H,23,24)/t12-/m1/s1. The number of carboxylic acid groups (broad SMARTS) is 1. The number of aliphatic carboxylic acids is 1. The first-order valence-corrected chi connectivity index (χ1v) is 8.43. The van der Waals surface area contributed by atoms with E-state index >= 15 is 0 Å². The summed E-state index contributed by atoms with van der Waals surface area (Å²) >= 11 is 0. The Balaban J connectivity index is 1.77. The van der Waals surface area contributed by atoms with Crippen LogP contribution in [0.2, 0.25) is 0 Å². The van der Waals surface area contributed by atoms with E-state index in [0.29, 0.717) is 35.6 Å². The zero-order valence-corrected chi connectivity index (χ0v) is 15.4. The summed E-state index contributed by atoms with van der Waals surface area (Å²) < 4.78 is 15.7. The van der Waals surface area contributed by atoms with Crippen molar-refractivity contribution >= 4 is 17.0 Å². The molecule has 0 radical (unpaired) electrons. The van der Waals surface area contributed by atoms with E-state index in [1.165, 1.54) is 14.0 Å². The number of fused-ring (bicyclic) bond motifs is 1. The lowest BCUT2D eigenvalue weighted by atomic mass is 10.1. The minimum Gasteiger partial charge on any atom is -0.493 e. The van der Waals surface area contributed by atoms with Gasteiger partial charge in [0.1, 0.15) is 11.0 Å². The summed E-state index contributed by atoms with van der Waals surface area (Å²) in [6.45, 7) is 2.70. The topological polar surface area (TPSA) is 97.9 Å². The lowest BCUT2D eigenvalue weighted by Crippen LogP contribution is -2.25. The molecule has 27 heavy (non-hydrogen) atoms. The van der Waals surface area contributed by atoms with Crippen molar-refractivity contribution in [1.82, 2.24) is 15.2 Å². The Morgan fingerprint density at radius 1 is 1.22 bits per heavy atom. The first kappa shape index (κ1) is 18.7. The Kier molecular flexibility index (Phi) is 5.56. The zero-order valence-electron chi connectivity index (χ0n) is 15.4. The second-order valence-electron chi connectivity index (χ2n) is 6.31. The van der Waals surface area contributed by atoms with Crippen LogP contribution in [0.3, 0.4) is 0 Å². The van der Waals surface area contributed by atoms with Gasteiger partial charge in [-0.3, -0.25) is 4.90 Å². The van der Waals surface area contributed by atoms with Crippen molar-refractivity contribution in [1.29, 1.82) is 0 Å². The monoisotopic (exact) mass is 371 g/mol. The highest BCUT2D eigenvalue weighted by Crippen LogP contribution is 2.33. The predicted octanol–water partition coefficient (Wildman–Crippen LogP) is 2.72. The summed E-state index contributed by atoms with van der Waals surface area (Å²) in [6, 6.07) is 11.3. The van der Waals surface area contributed by atoms with E-state index in [0.717, 1.165) is 11.1 Å². The molecule has 8 heteroatoms. The molecule has 1 N–H and O–H groups in total. The van der Waals surface area contributed by atoms with Crippen LogP contribution in [0.25, 0.3) is 11.0 Å². The maximum Gasteiger partial charge on any atom is 0.344 e. The van der Waals surface area contributed by atoms with Gasteiger partial charge in [0.2, 0.25) is 0 Å². The quantitative estimate of drug-likeness (QED) is 0.645. The summed E-state index contributed by atoms with van der Waals surface area (Å²) in [5.74, 6) is -0.0864. The molecular weight excluding hydrogens is 350 g/mol. The van der Waals surface area contributed by atoms with Crippen LogP contribution in [0.4, 0.5) is 0 Å². The molecule has 3 aromatic rings. The van der Waals surface area contributed by atoms with Gasteiger partial charge < -0.3 is 14.6 Å². The van der Waals surface area contributed by atoms with Crippen molar-refractivity contribution in [2.75, 3.05) is 14.2 Å². The van der Waals surface area contributed by atoms with Gasteiger partial charge in [-0.1, -0.05) is 18.2 Å². The third-order valence-corrected chi connectivity index (χ3v) is 4.13. The van der Waals surface area contributed by atoms with Crippen LogP contribution in [0, 0.1) is 0 Å². The van der Waals surface area contributed by atoms with E-state index in [-0.39, 0.29) is 0 Å².